The molecule has 164 valence electrons. The number of fused-ring (bicyclic) bond motifs is 2. The van der Waals surface area contributed by atoms with Crippen molar-refractivity contribution in [1.82, 2.24) is 14.7 Å². The van der Waals surface area contributed by atoms with Crippen LogP contribution in [0.1, 0.15) is 48.1 Å². The topological polar surface area (TPSA) is 131 Å². The molecular formula is C22H27N5O4. The Hall–Kier alpha value is -2.96. The van der Waals surface area contributed by atoms with Crippen LogP contribution in [-0.4, -0.2) is 81.4 Å². The van der Waals surface area contributed by atoms with E-state index in [1.165, 1.54) is 6.07 Å². The van der Waals surface area contributed by atoms with Gasteiger partial charge in [0.1, 0.15) is 6.04 Å². The van der Waals surface area contributed by atoms with Crippen LogP contribution in [0.4, 0.5) is 0 Å². The molecule has 0 aliphatic carbocycles. The average Bonchev–Trinajstić information content (AvgIpc) is 3.47. The van der Waals surface area contributed by atoms with Gasteiger partial charge in [0, 0.05) is 25.7 Å². The van der Waals surface area contributed by atoms with Crippen molar-refractivity contribution in [3.8, 4) is 6.07 Å². The van der Waals surface area contributed by atoms with Gasteiger partial charge in [0.05, 0.1) is 29.8 Å². The zero-order valence-electron chi connectivity index (χ0n) is 17.5. The Morgan fingerprint density at radius 2 is 2.16 bits per heavy atom. The highest BCUT2D eigenvalue weighted by Gasteiger charge is 2.51. The largest absolute Gasteiger partial charge is 0.478 e. The maximum absolute atomic E-state index is 13.1. The van der Waals surface area contributed by atoms with E-state index in [1.54, 1.807) is 17.0 Å². The molecule has 2 amide bonds. The van der Waals surface area contributed by atoms with E-state index in [2.05, 4.69) is 6.07 Å². The van der Waals surface area contributed by atoms with Crippen LogP contribution < -0.4 is 5.73 Å². The van der Waals surface area contributed by atoms with Gasteiger partial charge >= 0.3 is 5.97 Å². The number of piperazine rings is 1. The van der Waals surface area contributed by atoms with Crippen LogP contribution in [0.15, 0.2) is 24.3 Å². The number of carbonyl (C=O) groups is 3. The molecule has 3 heterocycles. The summed E-state index contributed by atoms with van der Waals surface area (Å²) in [5.41, 5.74) is 7.17. The lowest BCUT2D eigenvalue weighted by Gasteiger charge is -2.38. The van der Waals surface area contributed by atoms with E-state index in [0.717, 1.165) is 12.0 Å². The number of carboxylic acid groups (broad SMARTS) is 1. The first-order chi connectivity index (χ1) is 14.8. The van der Waals surface area contributed by atoms with E-state index in [-0.39, 0.29) is 42.0 Å². The Morgan fingerprint density at radius 1 is 1.39 bits per heavy atom. The molecule has 3 saturated heterocycles. The number of rotatable bonds is 6. The highest BCUT2D eigenvalue weighted by molar-refractivity contribution is 5.88. The minimum absolute atomic E-state index is 0.00179. The lowest BCUT2D eigenvalue weighted by Crippen LogP contribution is -2.56. The number of hydrogen-bond acceptors (Lipinski definition) is 6. The van der Waals surface area contributed by atoms with E-state index in [1.807, 2.05) is 22.8 Å². The predicted octanol–water partition coefficient (Wildman–Crippen LogP) is 0.573. The number of hydrogen-bond donors (Lipinski definition) is 2. The van der Waals surface area contributed by atoms with Crippen LogP contribution >= 0.6 is 0 Å². The molecule has 31 heavy (non-hydrogen) atoms. The average molecular weight is 425 g/mol. The van der Waals surface area contributed by atoms with Gasteiger partial charge in [0.2, 0.25) is 11.8 Å². The van der Waals surface area contributed by atoms with Crippen molar-refractivity contribution in [3.63, 3.8) is 0 Å². The van der Waals surface area contributed by atoms with Crippen LogP contribution in [0, 0.1) is 11.3 Å². The molecule has 2 bridgehead atoms. The number of nitrogens with zero attached hydrogens (tertiary/aromatic N) is 4. The summed E-state index contributed by atoms with van der Waals surface area (Å²) in [5.74, 6) is -1.24. The van der Waals surface area contributed by atoms with Crippen molar-refractivity contribution >= 4 is 17.8 Å². The fourth-order valence-corrected chi connectivity index (χ4v) is 5.20. The lowest BCUT2D eigenvalue weighted by molar-refractivity contribution is -0.140. The van der Waals surface area contributed by atoms with E-state index < -0.39 is 18.1 Å². The number of aromatic carboxylic acids is 1. The first-order valence-electron chi connectivity index (χ1n) is 10.7. The van der Waals surface area contributed by atoms with Gasteiger partial charge in [-0.3, -0.25) is 14.5 Å². The van der Waals surface area contributed by atoms with Crippen LogP contribution in [0.5, 0.6) is 0 Å². The molecule has 0 spiro atoms. The maximum Gasteiger partial charge on any atom is 0.335 e. The summed E-state index contributed by atoms with van der Waals surface area (Å²) in [6, 6.07) is 7.11. The quantitative estimate of drug-likeness (QED) is 0.681. The number of nitriles is 1. The molecular weight excluding hydrogens is 398 g/mol. The summed E-state index contributed by atoms with van der Waals surface area (Å²) in [5, 5.41) is 18.5. The number of likely N-dealkylation sites (tertiary alicyclic amines) is 3. The van der Waals surface area contributed by atoms with Crippen LogP contribution in [-0.2, 0) is 9.59 Å². The van der Waals surface area contributed by atoms with Gasteiger partial charge in [-0.1, -0.05) is 12.1 Å². The van der Waals surface area contributed by atoms with Crippen molar-refractivity contribution < 1.29 is 19.5 Å². The normalized spacial score (nSPS) is 27.4. The Kier molecular flexibility index (Phi) is 5.69. The molecule has 0 aromatic heterocycles. The van der Waals surface area contributed by atoms with Crippen molar-refractivity contribution in [2.45, 2.75) is 56.4 Å². The Morgan fingerprint density at radius 3 is 2.84 bits per heavy atom. The van der Waals surface area contributed by atoms with Gasteiger partial charge in [-0.2, -0.15) is 5.26 Å². The van der Waals surface area contributed by atoms with Gasteiger partial charge in [0.25, 0.3) is 0 Å². The van der Waals surface area contributed by atoms with Crippen molar-refractivity contribution in [3.05, 3.63) is 35.4 Å². The molecule has 4 rings (SSSR count). The summed E-state index contributed by atoms with van der Waals surface area (Å²) in [6.07, 6.45) is 2.16. The molecule has 3 aliphatic rings. The van der Waals surface area contributed by atoms with E-state index in [9.17, 15) is 24.8 Å². The van der Waals surface area contributed by atoms with Crippen LogP contribution in [0.3, 0.4) is 0 Å². The highest BCUT2D eigenvalue weighted by Crippen LogP contribution is 2.38. The third-order valence-corrected chi connectivity index (χ3v) is 6.78. The zero-order chi connectivity index (χ0) is 22.3. The fraction of sp³-hybridized carbons (Fsp3) is 0.545. The summed E-state index contributed by atoms with van der Waals surface area (Å²) in [4.78, 5) is 42.5. The fourth-order valence-electron chi connectivity index (χ4n) is 5.20. The number of carboxylic acids is 1. The molecule has 3 fully saturated rings. The SMILES string of the molecule is C[C@@H](c1cccc(C(=O)O)c1)N1C(=O)[C@@H]2C[C@H]1CN2C[C@H](N)C(=O)N1CCC[C@H]1C#N. The molecule has 3 aliphatic heterocycles. The maximum atomic E-state index is 13.1. The molecule has 9 heteroatoms. The van der Waals surface area contributed by atoms with Crippen molar-refractivity contribution in [2.75, 3.05) is 19.6 Å². The first-order valence-corrected chi connectivity index (χ1v) is 10.7. The number of nitrogens with two attached hydrogens (primary N) is 1. The standard InChI is InChI=1S/C22H27N5O4/c1-13(14-4-2-5-15(8-14)22(30)31)27-17-9-19(21(27)29)25(11-17)12-18(24)20(28)26-7-3-6-16(26)10-23/h2,4-5,8,13,16-19H,3,6-7,9,11-12,24H2,1H3,(H,30,31)/t13-,16-,17-,18-,19-/m0/s1. The Bertz CT molecular complexity index is 944. The molecule has 0 saturated carbocycles. The molecule has 1 aromatic carbocycles. The van der Waals surface area contributed by atoms with Gasteiger partial charge < -0.3 is 20.6 Å². The number of carbonyl (C=O) groups excluding carboxylic acids is 2. The van der Waals surface area contributed by atoms with Crippen molar-refractivity contribution in [1.29, 1.82) is 5.26 Å². The Balaban J connectivity index is 1.41. The molecule has 9 nitrogen and oxygen atoms in total. The minimum Gasteiger partial charge on any atom is -0.478 e. The summed E-state index contributed by atoms with van der Waals surface area (Å²) < 4.78 is 0. The predicted molar refractivity (Wildman–Crippen MR) is 111 cm³/mol. The van der Waals surface area contributed by atoms with Crippen LogP contribution in [0.25, 0.3) is 0 Å². The molecule has 3 N–H and O–H groups in total. The van der Waals surface area contributed by atoms with Crippen molar-refractivity contribution in [2.24, 2.45) is 5.73 Å². The number of amides is 2. The molecule has 0 unspecified atom stereocenters. The van der Waals surface area contributed by atoms with Gasteiger partial charge in [0.15, 0.2) is 0 Å². The van der Waals surface area contributed by atoms with Gasteiger partial charge in [-0.15, -0.1) is 0 Å². The smallest absolute Gasteiger partial charge is 0.335 e. The first kappa shape index (κ1) is 21.3. The second kappa shape index (κ2) is 8.29. The lowest BCUT2D eigenvalue weighted by atomic mass is 10.0. The molecule has 0 radical (unpaired) electrons. The monoisotopic (exact) mass is 425 g/mol. The third-order valence-electron chi connectivity index (χ3n) is 6.78. The zero-order valence-corrected chi connectivity index (χ0v) is 17.5. The van der Waals surface area contributed by atoms with Gasteiger partial charge in [-0.05, 0) is 43.9 Å². The summed E-state index contributed by atoms with van der Waals surface area (Å²) >= 11 is 0. The van der Waals surface area contributed by atoms with Gasteiger partial charge in [-0.25, -0.2) is 4.79 Å². The number of benzene rings is 1. The second-order valence-corrected chi connectivity index (χ2v) is 8.64. The Labute approximate surface area is 181 Å². The molecule has 1 aromatic rings. The minimum atomic E-state index is -0.996. The third kappa shape index (κ3) is 3.77. The van der Waals surface area contributed by atoms with E-state index in [4.69, 9.17) is 5.73 Å². The molecule has 5 atom stereocenters. The van der Waals surface area contributed by atoms with Crippen LogP contribution in [0.2, 0.25) is 0 Å². The van der Waals surface area contributed by atoms with E-state index in [0.29, 0.717) is 25.9 Å². The van der Waals surface area contributed by atoms with E-state index >= 15 is 0 Å². The highest BCUT2D eigenvalue weighted by atomic mass is 16.4. The summed E-state index contributed by atoms with van der Waals surface area (Å²) in [6.45, 7) is 3.38. The summed E-state index contributed by atoms with van der Waals surface area (Å²) in [7, 11) is 0. The second-order valence-electron chi connectivity index (χ2n) is 8.64.